The Morgan fingerprint density at radius 3 is 2.56 bits per heavy atom. The highest BCUT2D eigenvalue weighted by Gasteiger charge is 2.40. The standard InChI is InChI=1S/C11H18F3NO/c12-11(13,14)8-15-9-3-6-16-10(7-9)4-1-2-5-10/h9,15H,1-8H2. The van der Waals surface area contributed by atoms with Gasteiger partial charge in [0.25, 0.3) is 0 Å². The van der Waals surface area contributed by atoms with Gasteiger partial charge in [0.05, 0.1) is 12.1 Å². The first-order valence-electron chi connectivity index (χ1n) is 5.93. The smallest absolute Gasteiger partial charge is 0.375 e. The second-order valence-electron chi connectivity index (χ2n) is 4.92. The molecule has 5 heteroatoms. The van der Waals surface area contributed by atoms with E-state index in [4.69, 9.17) is 4.74 Å². The van der Waals surface area contributed by atoms with Crippen LogP contribution in [0.3, 0.4) is 0 Å². The molecule has 0 aromatic carbocycles. The Balaban J connectivity index is 1.82. The van der Waals surface area contributed by atoms with Gasteiger partial charge in [-0.2, -0.15) is 13.2 Å². The number of ether oxygens (including phenoxy) is 1. The van der Waals surface area contributed by atoms with E-state index in [1.807, 2.05) is 0 Å². The van der Waals surface area contributed by atoms with E-state index in [0.29, 0.717) is 13.0 Å². The quantitative estimate of drug-likeness (QED) is 0.797. The number of alkyl halides is 3. The molecular weight excluding hydrogens is 219 g/mol. The molecule has 0 aromatic heterocycles. The molecule has 1 N–H and O–H groups in total. The maximum atomic E-state index is 12.1. The van der Waals surface area contributed by atoms with Crippen LogP contribution in [0.25, 0.3) is 0 Å². The van der Waals surface area contributed by atoms with E-state index in [1.54, 1.807) is 0 Å². The molecule has 16 heavy (non-hydrogen) atoms. The first-order chi connectivity index (χ1) is 7.49. The highest BCUT2D eigenvalue weighted by atomic mass is 19.4. The van der Waals surface area contributed by atoms with Crippen molar-refractivity contribution in [2.24, 2.45) is 0 Å². The fraction of sp³-hybridized carbons (Fsp3) is 1.00. The molecule has 1 aliphatic carbocycles. The van der Waals surface area contributed by atoms with Crippen LogP contribution in [0.1, 0.15) is 38.5 Å². The van der Waals surface area contributed by atoms with E-state index < -0.39 is 12.7 Å². The summed E-state index contributed by atoms with van der Waals surface area (Å²) >= 11 is 0. The molecule has 1 saturated carbocycles. The minimum atomic E-state index is -4.11. The number of rotatable bonds is 2. The number of hydrogen-bond donors (Lipinski definition) is 1. The van der Waals surface area contributed by atoms with Gasteiger partial charge in [-0.15, -0.1) is 0 Å². The first-order valence-corrected chi connectivity index (χ1v) is 5.93. The highest BCUT2D eigenvalue weighted by Crippen LogP contribution is 2.40. The summed E-state index contributed by atoms with van der Waals surface area (Å²) in [5.41, 5.74) is -0.110. The van der Waals surface area contributed by atoms with Crippen molar-refractivity contribution in [1.29, 1.82) is 0 Å². The fourth-order valence-corrected chi connectivity index (χ4v) is 2.83. The van der Waals surface area contributed by atoms with E-state index in [-0.39, 0.29) is 11.6 Å². The topological polar surface area (TPSA) is 21.3 Å². The van der Waals surface area contributed by atoms with Crippen LogP contribution in [0, 0.1) is 0 Å². The predicted molar refractivity (Wildman–Crippen MR) is 54.2 cm³/mol. The Labute approximate surface area is 93.5 Å². The monoisotopic (exact) mass is 237 g/mol. The van der Waals surface area contributed by atoms with Gasteiger partial charge in [0, 0.05) is 12.6 Å². The summed E-state index contributed by atoms with van der Waals surface area (Å²) in [6.07, 6.45) is 1.63. The third kappa shape index (κ3) is 3.10. The molecule has 0 radical (unpaired) electrons. The Morgan fingerprint density at radius 2 is 1.94 bits per heavy atom. The van der Waals surface area contributed by atoms with Crippen LogP contribution in [0.2, 0.25) is 0 Å². The van der Waals surface area contributed by atoms with Crippen molar-refractivity contribution in [1.82, 2.24) is 5.32 Å². The third-order valence-corrected chi connectivity index (χ3v) is 3.60. The highest BCUT2D eigenvalue weighted by molar-refractivity contribution is 4.93. The lowest BCUT2D eigenvalue weighted by molar-refractivity contribution is -0.132. The first kappa shape index (κ1) is 12.2. The van der Waals surface area contributed by atoms with Crippen molar-refractivity contribution in [2.75, 3.05) is 13.2 Å². The van der Waals surface area contributed by atoms with Gasteiger partial charge < -0.3 is 10.1 Å². The number of halogens is 3. The Hall–Kier alpha value is -0.290. The van der Waals surface area contributed by atoms with Crippen LogP contribution < -0.4 is 5.32 Å². The molecule has 2 nitrogen and oxygen atoms in total. The molecule has 2 fully saturated rings. The molecule has 1 heterocycles. The van der Waals surface area contributed by atoms with Gasteiger partial charge in [0.2, 0.25) is 0 Å². The molecule has 2 rings (SSSR count). The summed E-state index contributed by atoms with van der Waals surface area (Å²) < 4.78 is 42.0. The van der Waals surface area contributed by atoms with Gasteiger partial charge >= 0.3 is 6.18 Å². The molecule has 0 bridgehead atoms. The van der Waals surface area contributed by atoms with Gasteiger partial charge in [-0.25, -0.2) is 0 Å². The van der Waals surface area contributed by atoms with E-state index in [2.05, 4.69) is 5.32 Å². The van der Waals surface area contributed by atoms with Crippen molar-refractivity contribution < 1.29 is 17.9 Å². The number of nitrogens with one attached hydrogen (secondary N) is 1. The van der Waals surface area contributed by atoms with Crippen LogP contribution in [0.5, 0.6) is 0 Å². The van der Waals surface area contributed by atoms with Gasteiger partial charge in [-0.05, 0) is 25.7 Å². The SMILES string of the molecule is FC(F)(F)CNC1CCOC2(CCCC2)C1. The van der Waals surface area contributed by atoms with Gasteiger partial charge in [0.1, 0.15) is 0 Å². The molecule has 2 aliphatic rings. The van der Waals surface area contributed by atoms with E-state index in [9.17, 15) is 13.2 Å². The lowest BCUT2D eigenvalue weighted by Crippen LogP contribution is -2.47. The molecule has 1 aliphatic heterocycles. The molecule has 0 amide bonds. The molecular formula is C11H18F3NO. The van der Waals surface area contributed by atoms with Crippen LogP contribution in [-0.4, -0.2) is 31.0 Å². The Bertz CT molecular complexity index is 236. The Kier molecular flexibility index (Phi) is 3.45. The summed E-state index contributed by atoms with van der Waals surface area (Å²) in [7, 11) is 0. The molecule has 1 spiro atoms. The lowest BCUT2D eigenvalue weighted by Gasteiger charge is -2.38. The van der Waals surface area contributed by atoms with Crippen LogP contribution >= 0.6 is 0 Å². The summed E-state index contributed by atoms with van der Waals surface area (Å²) in [5, 5.41) is 2.61. The largest absolute Gasteiger partial charge is 0.401 e. The second-order valence-corrected chi connectivity index (χ2v) is 4.92. The van der Waals surface area contributed by atoms with Crippen molar-refractivity contribution in [3.8, 4) is 0 Å². The lowest BCUT2D eigenvalue weighted by atomic mass is 9.89. The predicted octanol–water partition coefficient (Wildman–Crippen LogP) is 2.63. The summed E-state index contributed by atoms with van der Waals surface area (Å²) in [4.78, 5) is 0. The van der Waals surface area contributed by atoms with E-state index in [0.717, 1.165) is 32.1 Å². The minimum Gasteiger partial charge on any atom is -0.375 e. The second kappa shape index (κ2) is 4.53. The molecule has 1 atom stereocenters. The minimum absolute atomic E-state index is 0.0338. The zero-order valence-corrected chi connectivity index (χ0v) is 9.28. The summed E-state index contributed by atoms with van der Waals surface area (Å²) in [5.74, 6) is 0. The maximum absolute atomic E-state index is 12.1. The maximum Gasteiger partial charge on any atom is 0.401 e. The average molecular weight is 237 g/mol. The van der Waals surface area contributed by atoms with Gasteiger partial charge in [-0.1, -0.05) is 12.8 Å². The van der Waals surface area contributed by atoms with Gasteiger partial charge in [-0.3, -0.25) is 0 Å². The summed E-state index contributed by atoms with van der Waals surface area (Å²) in [6, 6.07) is -0.0338. The van der Waals surface area contributed by atoms with Crippen molar-refractivity contribution >= 4 is 0 Å². The molecule has 1 unspecified atom stereocenters. The van der Waals surface area contributed by atoms with Crippen LogP contribution in [0.4, 0.5) is 13.2 Å². The zero-order chi connectivity index (χ0) is 11.6. The van der Waals surface area contributed by atoms with Crippen molar-refractivity contribution in [3.05, 3.63) is 0 Å². The zero-order valence-electron chi connectivity index (χ0n) is 9.28. The van der Waals surface area contributed by atoms with Gasteiger partial charge in [0.15, 0.2) is 0 Å². The van der Waals surface area contributed by atoms with Crippen molar-refractivity contribution in [3.63, 3.8) is 0 Å². The molecule has 1 saturated heterocycles. The third-order valence-electron chi connectivity index (χ3n) is 3.60. The number of hydrogen-bond acceptors (Lipinski definition) is 2. The fourth-order valence-electron chi connectivity index (χ4n) is 2.83. The van der Waals surface area contributed by atoms with Crippen LogP contribution in [-0.2, 0) is 4.74 Å². The van der Waals surface area contributed by atoms with E-state index in [1.165, 1.54) is 0 Å². The molecule has 0 aromatic rings. The normalized spacial score (nSPS) is 29.8. The van der Waals surface area contributed by atoms with Crippen molar-refractivity contribution in [2.45, 2.75) is 56.3 Å². The Morgan fingerprint density at radius 1 is 1.25 bits per heavy atom. The average Bonchev–Trinajstić information content (AvgIpc) is 2.63. The summed E-state index contributed by atoms with van der Waals surface area (Å²) in [6.45, 7) is -0.288. The van der Waals surface area contributed by atoms with E-state index >= 15 is 0 Å². The van der Waals surface area contributed by atoms with Crippen LogP contribution in [0.15, 0.2) is 0 Å². The molecule has 94 valence electrons.